The van der Waals surface area contributed by atoms with Crippen LogP contribution in [0, 0.1) is 35.0 Å². The summed E-state index contributed by atoms with van der Waals surface area (Å²) >= 11 is 0. The number of ether oxygens (including phenoxy) is 1. The molecule has 2 amide bonds. The van der Waals surface area contributed by atoms with Gasteiger partial charge in [-0.15, -0.1) is 0 Å². The van der Waals surface area contributed by atoms with Crippen molar-refractivity contribution in [2.75, 3.05) is 4.90 Å². The monoisotopic (exact) mass is 519 g/mol. The molecule has 3 aliphatic rings. The molecule has 5 unspecified atom stereocenters. The maximum atomic E-state index is 14.2. The van der Waals surface area contributed by atoms with Gasteiger partial charge in [0.1, 0.15) is 5.75 Å². The zero-order valence-electron chi connectivity index (χ0n) is 22.8. The van der Waals surface area contributed by atoms with Crippen LogP contribution in [0.15, 0.2) is 90.5 Å². The maximum absolute atomic E-state index is 14.2. The lowest BCUT2D eigenvalue weighted by Gasteiger charge is -2.37. The highest BCUT2D eigenvalue weighted by atomic mass is 16.5. The van der Waals surface area contributed by atoms with E-state index in [1.807, 2.05) is 12.1 Å². The van der Waals surface area contributed by atoms with Crippen LogP contribution in [-0.2, 0) is 14.4 Å². The minimum Gasteiger partial charge on any atom is -0.427 e. The van der Waals surface area contributed by atoms with Gasteiger partial charge in [0.05, 0.1) is 17.5 Å². The molecule has 3 aromatic carbocycles. The molecule has 1 heterocycles. The molecule has 2 bridgehead atoms. The molecule has 2 saturated carbocycles. The Bertz CT molecular complexity index is 1430. The Morgan fingerprint density at radius 3 is 1.82 bits per heavy atom. The number of hydrogen-bond acceptors (Lipinski definition) is 4. The topological polar surface area (TPSA) is 63.7 Å². The van der Waals surface area contributed by atoms with Gasteiger partial charge in [-0.3, -0.25) is 19.3 Å². The van der Waals surface area contributed by atoms with Crippen molar-refractivity contribution < 1.29 is 19.1 Å². The minimum absolute atomic E-state index is 0.00130. The van der Waals surface area contributed by atoms with Crippen LogP contribution >= 0.6 is 0 Å². The number of amides is 2. The number of imide groups is 1. The number of anilines is 1. The fraction of sp³-hybridized carbons (Fsp3) is 0.324. The summed E-state index contributed by atoms with van der Waals surface area (Å²) in [5, 5.41) is 0. The quantitative estimate of drug-likeness (QED) is 0.223. The number of nitrogens with zero attached hydrogens (tertiary/aromatic N) is 1. The summed E-state index contributed by atoms with van der Waals surface area (Å²) in [5.74, 6) is -0.755. The molecule has 0 radical (unpaired) electrons. The largest absolute Gasteiger partial charge is 0.427 e. The van der Waals surface area contributed by atoms with Gasteiger partial charge in [-0.25, -0.2) is 0 Å². The van der Waals surface area contributed by atoms with Crippen molar-refractivity contribution in [3.8, 4) is 5.75 Å². The van der Waals surface area contributed by atoms with Crippen LogP contribution in [0.1, 0.15) is 45.2 Å². The highest BCUT2D eigenvalue weighted by molar-refractivity contribution is 6.23. The highest BCUT2D eigenvalue weighted by Gasteiger charge is 2.68. The first kappa shape index (κ1) is 25.3. The van der Waals surface area contributed by atoms with E-state index in [4.69, 9.17) is 4.74 Å². The summed E-state index contributed by atoms with van der Waals surface area (Å²) in [6.45, 7) is 8.10. The second kappa shape index (κ2) is 9.33. The van der Waals surface area contributed by atoms with Gasteiger partial charge in [0.15, 0.2) is 0 Å². The van der Waals surface area contributed by atoms with Crippen LogP contribution < -0.4 is 9.64 Å². The Labute approximate surface area is 229 Å². The lowest BCUT2D eigenvalue weighted by atomic mass is 9.65. The van der Waals surface area contributed by atoms with Gasteiger partial charge in [0.2, 0.25) is 11.8 Å². The molecule has 3 aromatic rings. The highest BCUT2D eigenvalue weighted by Crippen LogP contribution is 2.67. The number of hydrogen-bond donors (Lipinski definition) is 0. The van der Waals surface area contributed by atoms with Gasteiger partial charge in [0, 0.05) is 6.92 Å². The molecule has 6 rings (SSSR count). The van der Waals surface area contributed by atoms with E-state index in [0.717, 1.165) is 17.5 Å². The average Bonchev–Trinajstić information content (AvgIpc) is 3.52. The number of carbonyl (C=O) groups is 3. The standard InChI is InChI=1S/C34H33NO4/c1-20(36)39-24-17-15-23(16-18-24)35-32(37)29-25-19-26(34(2,3)4)30(31(29)33(35)38)28(25)27(21-11-7-5-8-12-21)22-13-9-6-10-14-22/h5-18,25-26,29-31H,19H2,1-4H3. The van der Waals surface area contributed by atoms with Crippen molar-refractivity contribution in [2.45, 2.75) is 34.1 Å². The summed E-state index contributed by atoms with van der Waals surface area (Å²) in [4.78, 5) is 40.9. The number of benzene rings is 3. The zero-order valence-corrected chi connectivity index (χ0v) is 22.8. The Hall–Kier alpha value is -3.99. The molecule has 0 spiro atoms. The van der Waals surface area contributed by atoms with E-state index in [9.17, 15) is 14.4 Å². The normalized spacial score (nSPS) is 25.7. The van der Waals surface area contributed by atoms with Crippen LogP contribution in [0.5, 0.6) is 5.75 Å². The van der Waals surface area contributed by atoms with Crippen molar-refractivity contribution in [3.63, 3.8) is 0 Å². The molecule has 0 aromatic heterocycles. The lowest BCUT2D eigenvalue weighted by Crippen LogP contribution is -2.37. The number of allylic oxidation sites excluding steroid dienone is 1. The van der Waals surface area contributed by atoms with Gasteiger partial charge in [0.25, 0.3) is 0 Å². The third kappa shape index (κ3) is 4.12. The van der Waals surface area contributed by atoms with Crippen LogP contribution in [0.25, 0.3) is 5.57 Å². The van der Waals surface area contributed by atoms with E-state index in [2.05, 4.69) is 69.3 Å². The smallest absolute Gasteiger partial charge is 0.308 e. The molecular weight excluding hydrogens is 486 g/mol. The van der Waals surface area contributed by atoms with Crippen molar-refractivity contribution in [1.82, 2.24) is 0 Å². The second-order valence-electron chi connectivity index (χ2n) is 12.1. The number of fused-ring (bicyclic) bond motifs is 5. The first-order chi connectivity index (χ1) is 18.7. The molecule has 5 atom stereocenters. The summed E-state index contributed by atoms with van der Waals surface area (Å²) in [6, 6.07) is 27.4. The third-order valence-corrected chi connectivity index (χ3v) is 8.80. The Kier molecular flexibility index (Phi) is 6.05. The van der Waals surface area contributed by atoms with Crippen LogP contribution in [0.3, 0.4) is 0 Å². The third-order valence-electron chi connectivity index (χ3n) is 8.80. The van der Waals surface area contributed by atoms with E-state index in [0.29, 0.717) is 11.4 Å². The van der Waals surface area contributed by atoms with Crippen molar-refractivity contribution in [2.24, 2.45) is 35.0 Å². The Balaban J connectivity index is 1.48. The van der Waals surface area contributed by atoms with Crippen LogP contribution in [-0.4, -0.2) is 17.8 Å². The molecule has 2 aliphatic carbocycles. The van der Waals surface area contributed by atoms with Crippen LogP contribution in [0.2, 0.25) is 0 Å². The van der Waals surface area contributed by atoms with Crippen molar-refractivity contribution >= 4 is 29.0 Å². The maximum Gasteiger partial charge on any atom is 0.308 e. The Morgan fingerprint density at radius 1 is 0.769 bits per heavy atom. The molecule has 198 valence electrons. The summed E-state index contributed by atoms with van der Waals surface area (Å²) in [5.41, 5.74) is 5.20. The number of rotatable bonds is 4. The second-order valence-corrected chi connectivity index (χ2v) is 12.1. The van der Waals surface area contributed by atoms with Gasteiger partial charge < -0.3 is 4.74 Å². The zero-order chi connectivity index (χ0) is 27.5. The molecule has 0 N–H and O–H groups in total. The Morgan fingerprint density at radius 2 is 1.31 bits per heavy atom. The fourth-order valence-electron chi connectivity index (χ4n) is 7.35. The van der Waals surface area contributed by atoms with E-state index in [-0.39, 0.29) is 46.8 Å². The van der Waals surface area contributed by atoms with E-state index >= 15 is 0 Å². The fourth-order valence-corrected chi connectivity index (χ4v) is 7.35. The van der Waals surface area contributed by atoms with Gasteiger partial charge in [-0.1, -0.05) is 87.0 Å². The van der Waals surface area contributed by atoms with E-state index < -0.39 is 5.97 Å². The predicted octanol–water partition coefficient (Wildman–Crippen LogP) is 6.53. The number of carbonyl (C=O) groups excluding carboxylic acids is 3. The first-order valence-electron chi connectivity index (χ1n) is 13.7. The average molecular weight is 520 g/mol. The molecule has 39 heavy (non-hydrogen) atoms. The molecule has 3 fully saturated rings. The van der Waals surface area contributed by atoms with Crippen molar-refractivity contribution in [3.05, 3.63) is 102 Å². The SMILES string of the molecule is CC(=O)Oc1ccc(N2C(=O)C3C4CC(C(C)(C)C)C(C4=C(c4ccccc4)c4ccccc4)C3C2=O)cc1. The van der Waals surface area contributed by atoms with E-state index in [1.54, 1.807) is 24.3 Å². The molecular formula is C34H33NO4. The van der Waals surface area contributed by atoms with Gasteiger partial charge in [-0.2, -0.15) is 0 Å². The molecule has 5 nitrogen and oxygen atoms in total. The first-order valence-corrected chi connectivity index (χ1v) is 13.7. The minimum atomic E-state index is -0.414. The molecule has 1 aliphatic heterocycles. The summed E-state index contributed by atoms with van der Waals surface area (Å²) < 4.78 is 5.15. The summed E-state index contributed by atoms with van der Waals surface area (Å²) in [6.07, 6.45) is 0.895. The van der Waals surface area contributed by atoms with E-state index in [1.165, 1.54) is 23.0 Å². The summed E-state index contributed by atoms with van der Waals surface area (Å²) in [7, 11) is 0. The van der Waals surface area contributed by atoms with Gasteiger partial charge >= 0.3 is 5.97 Å². The lowest BCUT2D eigenvalue weighted by molar-refractivity contribution is -0.132. The van der Waals surface area contributed by atoms with Crippen molar-refractivity contribution in [1.29, 1.82) is 0 Å². The van der Waals surface area contributed by atoms with Gasteiger partial charge in [-0.05, 0) is 70.6 Å². The molecule has 5 heteroatoms. The number of esters is 1. The predicted molar refractivity (Wildman–Crippen MR) is 151 cm³/mol. The van der Waals surface area contributed by atoms with Crippen LogP contribution in [0.4, 0.5) is 5.69 Å². The molecule has 1 saturated heterocycles.